The van der Waals surface area contributed by atoms with Crippen molar-refractivity contribution in [1.82, 2.24) is 9.88 Å². The predicted octanol–water partition coefficient (Wildman–Crippen LogP) is 0.0864. The molecule has 1 unspecified atom stereocenters. The molecule has 124 valence electrons. The van der Waals surface area contributed by atoms with Crippen LogP contribution in [-0.4, -0.2) is 76.7 Å². The highest BCUT2D eigenvalue weighted by Gasteiger charge is 2.30. The first-order chi connectivity index (χ1) is 10.6. The molecule has 22 heavy (non-hydrogen) atoms. The summed E-state index contributed by atoms with van der Waals surface area (Å²) in [5.74, 6) is 0. The summed E-state index contributed by atoms with van der Waals surface area (Å²) in [5.41, 5.74) is 1.27. The summed E-state index contributed by atoms with van der Waals surface area (Å²) in [7, 11) is 1.83. The molecule has 0 radical (unpaired) electrons. The monoisotopic (exact) mass is 309 g/mol. The van der Waals surface area contributed by atoms with E-state index < -0.39 is 12.2 Å². The third-order valence-electron chi connectivity index (χ3n) is 4.38. The van der Waals surface area contributed by atoms with E-state index in [1.54, 1.807) is 0 Å². The molecule has 0 aromatic carbocycles. The van der Waals surface area contributed by atoms with Crippen LogP contribution in [0.1, 0.15) is 19.3 Å². The maximum absolute atomic E-state index is 9.21. The first-order valence-electron chi connectivity index (χ1n) is 7.94. The summed E-state index contributed by atoms with van der Waals surface area (Å²) in [6.07, 6.45) is 5.52. The average molecular weight is 309 g/mol. The van der Waals surface area contributed by atoms with E-state index in [1.807, 2.05) is 30.4 Å². The van der Waals surface area contributed by atoms with Gasteiger partial charge in [0.2, 0.25) is 0 Å². The molecule has 0 amide bonds. The van der Waals surface area contributed by atoms with E-state index >= 15 is 0 Å². The summed E-state index contributed by atoms with van der Waals surface area (Å²) in [5, 5.41) is 27.2. The molecule has 0 aliphatic carbocycles. The summed E-state index contributed by atoms with van der Waals surface area (Å²) < 4.78 is 0. The van der Waals surface area contributed by atoms with Gasteiger partial charge in [-0.1, -0.05) is 0 Å². The zero-order chi connectivity index (χ0) is 15.9. The van der Waals surface area contributed by atoms with Crippen LogP contribution in [0.2, 0.25) is 0 Å². The largest absolute Gasteiger partial charge is 0.395 e. The number of aliphatic hydroxyl groups is 3. The fourth-order valence-electron chi connectivity index (χ4n) is 2.91. The highest BCUT2D eigenvalue weighted by atomic mass is 16.3. The van der Waals surface area contributed by atoms with E-state index in [0.29, 0.717) is 13.0 Å². The van der Waals surface area contributed by atoms with Crippen LogP contribution in [0.5, 0.6) is 0 Å². The molecule has 3 atom stereocenters. The Morgan fingerprint density at radius 3 is 2.55 bits per heavy atom. The van der Waals surface area contributed by atoms with Gasteiger partial charge in [0.1, 0.15) is 0 Å². The zero-order valence-electron chi connectivity index (χ0n) is 13.2. The van der Waals surface area contributed by atoms with Gasteiger partial charge in [-0.25, -0.2) is 0 Å². The van der Waals surface area contributed by atoms with Crippen molar-refractivity contribution in [2.45, 2.75) is 37.5 Å². The molecule has 2 fully saturated rings. The number of piperidine rings is 1. The van der Waals surface area contributed by atoms with Crippen LogP contribution in [0.25, 0.3) is 0 Å². The number of anilines is 1. The number of aromatic nitrogens is 1. The Labute approximate surface area is 132 Å². The van der Waals surface area contributed by atoms with Gasteiger partial charge in [0.25, 0.3) is 0 Å². The maximum atomic E-state index is 9.21. The normalized spacial score (nSPS) is 29.1. The predicted molar refractivity (Wildman–Crippen MR) is 85.8 cm³/mol. The first kappa shape index (κ1) is 17.1. The lowest BCUT2D eigenvalue weighted by Gasteiger charge is -2.37. The van der Waals surface area contributed by atoms with E-state index in [1.165, 1.54) is 31.6 Å². The highest BCUT2D eigenvalue weighted by Crippen LogP contribution is 2.17. The van der Waals surface area contributed by atoms with Crippen LogP contribution in [0.15, 0.2) is 24.5 Å². The maximum Gasteiger partial charge on any atom is 0.0926 e. The van der Waals surface area contributed by atoms with Crippen LogP contribution in [0.3, 0.4) is 0 Å². The van der Waals surface area contributed by atoms with Crippen molar-refractivity contribution in [3.63, 3.8) is 0 Å². The number of likely N-dealkylation sites (N-methyl/N-ethyl adjacent to an activating group) is 1. The van der Waals surface area contributed by atoms with Gasteiger partial charge in [-0.2, -0.15) is 0 Å². The zero-order valence-corrected chi connectivity index (χ0v) is 13.2. The van der Waals surface area contributed by atoms with Gasteiger partial charge in [0.05, 0.1) is 30.7 Å². The fraction of sp³-hybridized carbons (Fsp3) is 0.688. The minimum absolute atomic E-state index is 0.00611. The fourth-order valence-corrected chi connectivity index (χ4v) is 2.91. The molecule has 6 heteroatoms. The average Bonchev–Trinajstić information content (AvgIpc) is 3.07. The topological polar surface area (TPSA) is 80.1 Å². The molecule has 3 heterocycles. The number of aliphatic hydroxyl groups excluding tert-OH is 3. The van der Waals surface area contributed by atoms with Gasteiger partial charge in [0.15, 0.2) is 0 Å². The molecule has 1 aromatic heterocycles. The van der Waals surface area contributed by atoms with E-state index in [9.17, 15) is 10.2 Å². The van der Waals surface area contributed by atoms with Crippen molar-refractivity contribution < 1.29 is 15.3 Å². The molecular formula is C16H27N3O3. The number of hydrogen-bond donors (Lipinski definition) is 3. The Morgan fingerprint density at radius 1 is 1.23 bits per heavy atom. The molecule has 3 rings (SSSR count). The second kappa shape index (κ2) is 8.43. The SMILES string of the molecule is CN1C[C@H](O)C(O)C[C@@H]1CO.c1cncc(N2CCCC2)c1. The lowest BCUT2D eigenvalue weighted by atomic mass is 9.98. The van der Waals surface area contributed by atoms with Gasteiger partial charge in [0, 0.05) is 31.9 Å². The van der Waals surface area contributed by atoms with Crippen molar-refractivity contribution >= 4 is 5.69 Å². The molecule has 0 saturated carbocycles. The molecule has 0 spiro atoms. The number of nitrogens with zero attached hydrogens (tertiary/aromatic N) is 3. The second-order valence-corrected chi connectivity index (χ2v) is 6.05. The summed E-state index contributed by atoms with van der Waals surface area (Å²) in [4.78, 5) is 8.33. The number of rotatable bonds is 2. The highest BCUT2D eigenvalue weighted by molar-refractivity contribution is 5.44. The summed E-state index contributed by atoms with van der Waals surface area (Å²) in [6.45, 7) is 2.88. The van der Waals surface area contributed by atoms with Crippen LogP contribution in [-0.2, 0) is 0 Å². The second-order valence-electron chi connectivity index (χ2n) is 6.05. The Bertz CT molecular complexity index is 426. The third kappa shape index (κ3) is 4.64. The van der Waals surface area contributed by atoms with Crippen LogP contribution >= 0.6 is 0 Å². The van der Waals surface area contributed by atoms with E-state index in [2.05, 4.69) is 16.0 Å². The van der Waals surface area contributed by atoms with E-state index in [0.717, 1.165) is 0 Å². The van der Waals surface area contributed by atoms with Crippen molar-refractivity contribution in [3.8, 4) is 0 Å². The standard InChI is InChI=1S/C9H12N2.C7H15NO3/c1-2-7-11(6-1)9-4-3-5-10-8-9;1-8-3-7(11)6(10)2-5(8)4-9/h3-5,8H,1-2,6-7H2;5-7,9-11H,2-4H2,1H3/t;5-,6?,7+/m.1/s1. The summed E-state index contributed by atoms with van der Waals surface area (Å²) in [6, 6.07) is 4.11. The number of β-amino-alcohol motifs (C(OH)–C–C–N with tert-alkyl or cyclic N) is 1. The van der Waals surface area contributed by atoms with Crippen LogP contribution < -0.4 is 4.90 Å². The van der Waals surface area contributed by atoms with Gasteiger partial charge < -0.3 is 20.2 Å². The van der Waals surface area contributed by atoms with Gasteiger partial charge in [-0.3, -0.25) is 9.88 Å². The smallest absolute Gasteiger partial charge is 0.0926 e. The lowest BCUT2D eigenvalue weighted by Crippen LogP contribution is -2.51. The number of likely N-dealkylation sites (tertiary alicyclic amines) is 1. The van der Waals surface area contributed by atoms with Crippen LogP contribution in [0, 0.1) is 0 Å². The minimum atomic E-state index is -0.677. The number of pyridine rings is 1. The third-order valence-corrected chi connectivity index (χ3v) is 4.38. The van der Waals surface area contributed by atoms with Crippen LogP contribution in [0.4, 0.5) is 5.69 Å². The van der Waals surface area contributed by atoms with E-state index in [-0.39, 0.29) is 12.6 Å². The Hall–Kier alpha value is -1.21. The molecule has 0 bridgehead atoms. The molecular weight excluding hydrogens is 282 g/mol. The van der Waals surface area contributed by atoms with Crippen molar-refractivity contribution in [1.29, 1.82) is 0 Å². The minimum Gasteiger partial charge on any atom is -0.395 e. The van der Waals surface area contributed by atoms with Gasteiger partial charge in [-0.15, -0.1) is 0 Å². The van der Waals surface area contributed by atoms with E-state index in [4.69, 9.17) is 5.11 Å². The van der Waals surface area contributed by atoms with Gasteiger partial charge >= 0.3 is 0 Å². The molecule has 6 nitrogen and oxygen atoms in total. The quantitative estimate of drug-likeness (QED) is 0.718. The lowest BCUT2D eigenvalue weighted by molar-refractivity contribution is -0.0626. The molecule has 3 N–H and O–H groups in total. The van der Waals surface area contributed by atoms with Gasteiger partial charge in [-0.05, 0) is 38.4 Å². The molecule has 2 aliphatic rings. The van der Waals surface area contributed by atoms with Crippen molar-refractivity contribution in [3.05, 3.63) is 24.5 Å². The van der Waals surface area contributed by atoms with Crippen molar-refractivity contribution in [2.24, 2.45) is 0 Å². The molecule has 2 aliphatic heterocycles. The molecule has 1 aromatic rings. The molecule has 2 saturated heterocycles. The first-order valence-corrected chi connectivity index (χ1v) is 7.94. The Balaban J connectivity index is 0.000000160. The summed E-state index contributed by atoms with van der Waals surface area (Å²) >= 11 is 0. The Morgan fingerprint density at radius 2 is 1.95 bits per heavy atom. The number of hydrogen-bond acceptors (Lipinski definition) is 6. The van der Waals surface area contributed by atoms with Crippen molar-refractivity contribution in [2.75, 3.05) is 38.2 Å². The Kier molecular flexibility index (Phi) is 6.57.